The molecule has 0 saturated carbocycles. The average Bonchev–Trinajstić information content (AvgIpc) is 1.72. The van der Waals surface area contributed by atoms with E-state index in [-0.39, 0.29) is 0 Å². The van der Waals surface area contributed by atoms with Crippen LogP contribution in [0.4, 0.5) is 0 Å². The monoisotopic (exact) mass is 101 g/mol. The van der Waals surface area contributed by atoms with E-state index in [1.807, 2.05) is 12.1 Å². The Balaban J connectivity index is 2.69. The minimum atomic E-state index is 1.31. The van der Waals surface area contributed by atoms with E-state index < -0.39 is 0 Å². The van der Waals surface area contributed by atoms with Crippen LogP contribution in [0.3, 0.4) is 0 Å². The van der Waals surface area contributed by atoms with Crippen LogP contribution in [0.15, 0.2) is 18.2 Å². The third-order valence-electron chi connectivity index (χ3n) is 1.37. The third-order valence-corrected chi connectivity index (χ3v) is 1.37. The maximum Gasteiger partial charge on any atom is -0.0177 e. The fourth-order valence-electron chi connectivity index (χ4n) is 0.835. The van der Waals surface area contributed by atoms with Gasteiger partial charge in [-0.15, -0.1) is 0 Å². The smallest absolute Gasteiger partial charge is 0.0177 e. The lowest BCUT2D eigenvalue weighted by molar-refractivity contribution is 1.57. The van der Waals surface area contributed by atoms with Crippen molar-refractivity contribution in [3.05, 3.63) is 35.4 Å². The molecule has 0 heteroatoms. The lowest BCUT2D eigenvalue weighted by Crippen LogP contribution is -1.85. The summed E-state index contributed by atoms with van der Waals surface area (Å²) in [7, 11) is 0. The number of hydrogen-bond donors (Lipinski definition) is 0. The average molecular weight is 101 g/mol. The van der Waals surface area contributed by atoms with Gasteiger partial charge in [0.25, 0.3) is 0 Å². The van der Waals surface area contributed by atoms with E-state index in [0.29, 0.717) is 0 Å². The van der Waals surface area contributed by atoms with Gasteiger partial charge in [-0.25, -0.2) is 0 Å². The van der Waals surface area contributed by atoms with E-state index in [1.165, 1.54) is 11.1 Å². The van der Waals surface area contributed by atoms with E-state index in [9.17, 15) is 0 Å². The highest BCUT2D eigenvalue weighted by Crippen LogP contribution is 2.21. The number of benzene rings is 1. The van der Waals surface area contributed by atoms with Crippen molar-refractivity contribution in [2.75, 3.05) is 0 Å². The molecule has 0 aromatic heterocycles. The van der Waals surface area contributed by atoms with E-state index in [2.05, 4.69) is 24.3 Å². The molecule has 1 aliphatic carbocycles. The van der Waals surface area contributed by atoms with Crippen molar-refractivity contribution >= 4 is 12.2 Å². The molecule has 0 atom stereocenters. The Kier molecular flexibility index (Phi) is 0.595. The molecular weight excluding hydrogens is 96.1 g/mol. The Morgan fingerprint density at radius 3 is 2.38 bits per heavy atom. The maximum absolute atomic E-state index is 3.00. The Hall–Kier alpha value is -1.04. The number of hydrogen-bond acceptors (Lipinski definition) is 0. The Labute approximate surface area is 48.5 Å². The summed E-state index contributed by atoms with van der Waals surface area (Å²) in [6.07, 6.45) is 4.19. The van der Waals surface area contributed by atoms with E-state index in [0.717, 1.165) is 0 Å². The molecule has 0 saturated heterocycles. The Bertz CT molecular complexity index is 209. The van der Waals surface area contributed by atoms with Crippen molar-refractivity contribution in [1.29, 1.82) is 0 Å². The molecule has 8 heavy (non-hydrogen) atoms. The van der Waals surface area contributed by atoms with Gasteiger partial charge < -0.3 is 0 Å². The highest BCUT2D eigenvalue weighted by atomic mass is 14.0. The fraction of sp³-hybridized carbons (Fsp3) is 0. The second-order valence-electron chi connectivity index (χ2n) is 1.89. The van der Waals surface area contributed by atoms with Gasteiger partial charge in [-0.05, 0) is 23.3 Å². The van der Waals surface area contributed by atoms with Crippen molar-refractivity contribution in [3.63, 3.8) is 0 Å². The molecule has 0 fully saturated rings. The Morgan fingerprint density at radius 1 is 1.12 bits per heavy atom. The van der Waals surface area contributed by atoms with E-state index in [1.54, 1.807) is 0 Å². The molecule has 1 aromatic rings. The molecule has 0 aliphatic heterocycles. The van der Waals surface area contributed by atoms with Gasteiger partial charge in [0.15, 0.2) is 0 Å². The van der Waals surface area contributed by atoms with Gasteiger partial charge in [0.05, 0.1) is 0 Å². The SMILES string of the molecule is [c]1ccc2c(c1)C=C2. The van der Waals surface area contributed by atoms with Gasteiger partial charge >= 0.3 is 0 Å². The van der Waals surface area contributed by atoms with Crippen LogP contribution in [-0.2, 0) is 0 Å². The van der Waals surface area contributed by atoms with E-state index in [4.69, 9.17) is 0 Å². The lowest BCUT2D eigenvalue weighted by atomic mass is 9.99. The van der Waals surface area contributed by atoms with Gasteiger partial charge in [0.1, 0.15) is 0 Å². The Morgan fingerprint density at radius 2 is 2.00 bits per heavy atom. The minimum Gasteiger partial charge on any atom is -0.0538 e. The lowest BCUT2D eigenvalue weighted by Gasteiger charge is -2.06. The van der Waals surface area contributed by atoms with Crippen molar-refractivity contribution in [3.8, 4) is 0 Å². The largest absolute Gasteiger partial charge is 0.0538 e. The summed E-state index contributed by atoms with van der Waals surface area (Å²) >= 11 is 0. The molecule has 0 bridgehead atoms. The summed E-state index contributed by atoms with van der Waals surface area (Å²) < 4.78 is 0. The molecule has 2 rings (SSSR count). The predicted molar refractivity (Wildman–Crippen MR) is 34.2 cm³/mol. The van der Waals surface area contributed by atoms with Crippen molar-refractivity contribution in [1.82, 2.24) is 0 Å². The second-order valence-corrected chi connectivity index (χ2v) is 1.89. The van der Waals surface area contributed by atoms with Crippen LogP contribution in [0.2, 0.25) is 0 Å². The van der Waals surface area contributed by atoms with E-state index >= 15 is 0 Å². The van der Waals surface area contributed by atoms with Gasteiger partial charge in [-0.1, -0.05) is 24.3 Å². The first-order valence-electron chi connectivity index (χ1n) is 2.65. The van der Waals surface area contributed by atoms with Gasteiger partial charge in [-0.3, -0.25) is 0 Å². The summed E-state index contributed by atoms with van der Waals surface area (Å²) in [4.78, 5) is 0. The summed E-state index contributed by atoms with van der Waals surface area (Å²) in [5.41, 5.74) is 2.65. The molecule has 0 nitrogen and oxygen atoms in total. The molecule has 0 N–H and O–H groups in total. The quantitative estimate of drug-likeness (QED) is 0.476. The molecule has 0 unspecified atom stereocenters. The molecule has 1 radical (unpaired) electrons. The van der Waals surface area contributed by atoms with Gasteiger partial charge in [0.2, 0.25) is 0 Å². The van der Waals surface area contributed by atoms with Crippen LogP contribution in [0, 0.1) is 6.07 Å². The number of fused-ring (bicyclic) bond motifs is 1. The van der Waals surface area contributed by atoms with Crippen LogP contribution in [0.25, 0.3) is 12.2 Å². The zero-order valence-corrected chi connectivity index (χ0v) is 4.39. The van der Waals surface area contributed by atoms with Gasteiger partial charge in [-0.2, -0.15) is 0 Å². The van der Waals surface area contributed by atoms with Gasteiger partial charge in [0, 0.05) is 0 Å². The predicted octanol–water partition coefficient (Wildman–Crippen LogP) is 1.97. The summed E-state index contributed by atoms with van der Waals surface area (Å²) in [6, 6.07) is 8.99. The topological polar surface area (TPSA) is 0 Å². The molecule has 1 aliphatic rings. The van der Waals surface area contributed by atoms with Crippen LogP contribution >= 0.6 is 0 Å². The zero-order valence-electron chi connectivity index (χ0n) is 4.39. The maximum atomic E-state index is 3.00. The highest BCUT2D eigenvalue weighted by Gasteiger charge is 2.00. The first-order chi connectivity index (χ1) is 3.97. The van der Waals surface area contributed by atoms with Crippen molar-refractivity contribution < 1.29 is 0 Å². The summed E-state index contributed by atoms with van der Waals surface area (Å²) in [5.74, 6) is 0. The first kappa shape index (κ1) is 3.90. The second kappa shape index (κ2) is 1.22. The standard InChI is InChI=1S/C8H5/c1-2-4-8-6-5-7(8)3-1/h1,3-6H. The van der Waals surface area contributed by atoms with Crippen LogP contribution in [0.1, 0.15) is 11.1 Å². The first-order valence-corrected chi connectivity index (χ1v) is 2.65. The van der Waals surface area contributed by atoms with Crippen LogP contribution < -0.4 is 0 Å². The minimum absolute atomic E-state index is 1.31. The number of rotatable bonds is 0. The fourth-order valence-corrected chi connectivity index (χ4v) is 0.835. The molecule has 37 valence electrons. The van der Waals surface area contributed by atoms with Crippen LogP contribution in [-0.4, -0.2) is 0 Å². The summed E-state index contributed by atoms with van der Waals surface area (Å²) in [5, 5.41) is 0. The van der Waals surface area contributed by atoms with Crippen LogP contribution in [0.5, 0.6) is 0 Å². The zero-order chi connectivity index (χ0) is 5.40. The third kappa shape index (κ3) is 0.348. The molecule has 0 spiro atoms. The molecule has 1 aromatic carbocycles. The van der Waals surface area contributed by atoms with Crippen molar-refractivity contribution in [2.24, 2.45) is 0 Å². The molecular formula is C8H5. The normalized spacial score (nSPS) is 12.5. The molecule has 0 heterocycles. The highest BCUT2D eigenvalue weighted by molar-refractivity contribution is 5.85. The summed E-state index contributed by atoms with van der Waals surface area (Å²) in [6.45, 7) is 0. The van der Waals surface area contributed by atoms with Crippen molar-refractivity contribution in [2.45, 2.75) is 0 Å². The molecule has 0 amide bonds.